The minimum absolute atomic E-state index is 0.0508. The molecule has 0 bridgehead atoms. The molecule has 0 aliphatic heterocycles. The van der Waals surface area contributed by atoms with Crippen molar-refractivity contribution < 1.29 is 18.6 Å². The maximum Gasteiger partial charge on any atom is 0.137 e. The molecule has 0 aliphatic carbocycles. The lowest BCUT2D eigenvalue weighted by Gasteiger charge is -2.20. The van der Waals surface area contributed by atoms with Gasteiger partial charge >= 0.3 is 0 Å². The zero-order valence-corrected chi connectivity index (χ0v) is 8.97. The molecule has 1 aromatic carbocycles. The summed E-state index contributed by atoms with van der Waals surface area (Å²) in [6.07, 6.45) is 0. The fourth-order valence-corrected chi connectivity index (χ4v) is 1.42. The molecule has 0 saturated carbocycles. The zero-order chi connectivity index (χ0) is 11.6. The van der Waals surface area contributed by atoms with Gasteiger partial charge in [0.2, 0.25) is 0 Å². The lowest BCUT2D eigenvalue weighted by atomic mass is 9.95. The standard InChI is InChI=1S/C11H14F2O2/c1-11(2,14)9-8(12)5-4-7(6-15-3)10(9)13/h4-5,14H,6H2,1-3H3. The summed E-state index contributed by atoms with van der Waals surface area (Å²) in [6, 6.07) is 2.44. The van der Waals surface area contributed by atoms with Crippen molar-refractivity contribution in [3.8, 4) is 0 Å². The Morgan fingerprint density at radius 1 is 1.33 bits per heavy atom. The molecule has 15 heavy (non-hydrogen) atoms. The van der Waals surface area contributed by atoms with Crippen LogP contribution in [0.15, 0.2) is 12.1 Å². The van der Waals surface area contributed by atoms with Gasteiger partial charge in [-0.2, -0.15) is 0 Å². The molecular weight excluding hydrogens is 202 g/mol. The van der Waals surface area contributed by atoms with E-state index in [2.05, 4.69) is 0 Å². The highest BCUT2D eigenvalue weighted by molar-refractivity contribution is 5.30. The Balaban J connectivity index is 3.30. The molecule has 0 heterocycles. The number of aliphatic hydroxyl groups is 1. The first-order chi connectivity index (χ1) is 6.88. The summed E-state index contributed by atoms with van der Waals surface area (Å²) in [6.45, 7) is 2.73. The second-order valence-corrected chi connectivity index (χ2v) is 3.89. The largest absolute Gasteiger partial charge is 0.386 e. The summed E-state index contributed by atoms with van der Waals surface area (Å²) in [5.74, 6) is -1.50. The molecular formula is C11H14F2O2. The van der Waals surface area contributed by atoms with E-state index in [1.807, 2.05) is 0 Å². The smallest absolute Gasteiger partial charge is 0.137 e. The number of benzene rings is 1. The minimum Gasteiger partial charge on any atom is -0.386 e. The van der Waals surface area contributed by atoms with Gasteiger partial charge in [0.05, 0.1) is 17.8 Å². The number of ether oxygens (including phenoxy) is 1. The Kier molecular flexibility index (Phi) is 3.42. The summed E-state index contributed by atoms with van der Waals surface area (Å²) in [7, 11) is 1.42. The van der Waals surface area contributed by atoms with Crippen LogP contribution in [0.2, 0.25) is 0 Å². The highest BCUT2D eigenvalue weighted by Crippen LogP contribution is 2.27. The van der Waals surface area contributed by atoms with E-state index >= 15 is 0 Å². The average Bonchev–Trinajstić information content (AvgIpc) is 2.08. The molecule has 0 aliphatic rings. The van der Waals surface area contributed by atoms with Crippen molar-refractivity contribution in [3.05, 3.63) is 34.9 Å². The van der Waals surface area contributed by atoms with Crippen molar-refractivity contribution in [2.45, 2.75) is 26.1 Å². The monoisotopic (exact) mass is 216 g/mol. The lowest BCUT2D eigenvalue weighted by Crippen LogP contribution is -2.21. The average molecular weight is 216 g/mol. The first kappa shape index (κ1) is 12.1. The molecule has 1 rings (SSSR count). The highest BCUT2D eigenvalue weighted by atomic mass is 19.1. The molecule has 0 unspecified atom stereocenters. The Labute approximate surface area is 87.5 Å². The van der Waals surface area contributed by atoms with Crippen LogP contribution in [0, 0.1) is 11.6 Å². The topological polar surface area (TPSA) is 29.5 Å². The van der Waals surface area contributed by atoms with Crippen LogP contribution < -0.4 is 0 Å². The van der Waals surface area contributed by atoms with Crippen LogP contribution in [0.1, 0.15) is 25.0 Å². The minimum atomic E-state index is -1.54. The van der Waals surface area contributed by atoms with Crippen molar-refractivity contribution in [2.75, 3.05) is 7.11 Å². The number of halogens is 2. The molecule has 1 N–H and O–H groups in total. The van der Waals surface area contributed by atoms with Crippen molar-refractivity contribution >= 4 is 0 Å². The van der Waals surface area contributed by atoms with Crippen LogP contribution >= 0.6 is 0 Å². The first-order valence-electron chi connectivity index (χ1n) is 4.56. The molecule has 0 spiro atoms. The van der Waals surface area contributed by atoms with Crippen molar-refractivity contribution in [3.63, 3.8) is 0 Å². The van der Waals surface area contributed by atoms with E-state index in [4.69, 9.17) is 4.74 Å². The van der Waals surface area contributed by atoms with Gasteiger partial charge in [0.25, 0.3) is 0 Å². The molecule has 4 heteroatoms. The molecule has 84 valence electrons. The summed E-state index contributed by atoms with van der Waals surface area (Å²) in [4.78, 5) is 0. The fourth-order valence-electron chi connectivity index (χ4n) is 1.42. The van der Waals surface area contributed by atoms with Crippen molar-refractivity contribution in [1.29, 1.82) is 0 Å². The van der Waals surface area contributed by atoms with Gasteiger partial charge < -0.3 is 9.84 Å². The van der Waals surface area contributed by atoms with Crippen LogP contribution in [0.5, 0.6) is 0 Å². The fraction of sp³-hybridized carbons (Fsp3) is 0.455. The Bertz CT molecular complexity index is 356. The predicted octanol–water partition coefficient (Wildman–Crippen LogP) is 2.34. The number of methoxy groups -OCH3 is 1. The highest BCUT2D eigenvalue weighted by Gasteiger charge is 2.26. The quantitative estimate of drug-likeness (QED) is 0.840. The van der Waals surface area contributed by atoms with Gasteiger partial charge in [0.1, 0.15) is 11.6 Å². The normalized spacial score (nSPS) is 11.9. The molecule has 0 atom stereocenters. The third kappa shape index (κ3) is 2.52. The van der Waals surface area contributed by atoms with E-state index in [1.54, 1.807) is 0 Å². The molecule has 0 amide bonds. The molecule has 2 nitrogen and oxygen atoms in total. The van der Waals surface area contributed by atoms with Gasteiger partial charge in [0.15, 0.2) is 0 Å². The van der Waals surface area contributed by atoms with Crippen LogP contribution in [0.4, 0.5) is 8.78 Å². The summed E-state index contributed by atoms with van der Waals surface area (Å²) >= 11 is 0. The van der Waals surface area contributed by atoms with E-state index in [9.17, 15) is 13.9 Å². The van der Waals surface area contributed by atoms with E-state index < -0.39 is 17.2 Å². The molecule has 0 fully saturated rings. The van der Waals surface area contributed by atoms with Crippen LogP contribution in [-0.2, 0) is 16.9 Å². The van der Waals surface area contributed by atoms with Crippen LogP contribution in [0.25, 0.3) is 0 Å². The lowest BCUT2D eigenvalue weighted by molar-refractivity contribution is 0.0694. The maximum atomic E-state index is 13.7. The van der Waals surface area contributed by atoms with Crippen LogP contribution in [0.3, 0.4) is 0 Å². The van der Waals surface area contributed by atoms with Gasteiger partial charge in [0, 0.05) is 12.7 Å². The van der Waals surface area contributed by atoms with Crippen LogP contribution in [-0.4, -0.2) is 12.2 Å². The second kappa shape index (κ2) is 4.24. The maximum absolute atomic E-state index is 13.7. The Hall–Kier alpha value is -1.00. The summed E-state index contributed by atoms with van der Waals surface area (Å²) < 4.78 is 31.8. The summed E-state index contributed by atoms with van der Waals surface area (Å²) in [5.41, 5.74) is -1.63. The number of rotatable bonds is 3. The van der Waals surface area contributed by atoms with Gasteiger partial charge in [-0.15, -0.1) is 0 Å². The van der Waals surface area contributed by atoms with E-state index in [1.165, 1.54) is 27.0 Å². The van der Waals surface area contributed by atoms with Gasteiger partial charge in [-0.1, -0.05) is 6.07 Å². The number of hydrogen-bond acceptors (Lipinski definition) is 2. The van der Waals surface area contributed by atoms with Gasteiger partial charge in [-0.05, 0) is 19.9 Å². The predicted molar refractivity (Wildman–Crippen MR) is 52.3 cm³/mol. The van der Waals surface area contributed by atoms with E-state index in [0.717, 1.165) is 6.07 Å². The van der Waals surface area contributed by atoms with Crippen molar-refractivity contribution in [1.82, 2.24) is 0 Å². The molecule has 0 aromatic heterocycles. The van der Waals surface area contributed by atoms with E-state index in [-0.39, 0.29) is 17.7 Å². The SMILES string of the molecule is COCc1ccc(F)c(C(C)(C)O)c1F. The molecule has 1 aromatic rings. The summed E-state index contributed by atoms with van der Waals surface area (Å²) in [5, 5.41) is 9.62. The number of hydrogen-bond donors (Lipinski definition) is 1. The third-order valence-corrected chi connectivity index (χ3v) is 2.08. The zero-order valence-electron chi connectivity index (χ0n) is 8.97. The first-order valence-corrected chi connectivity index (χ1v) is 4.56. The Morgan fingerprint density at radius 3 is 2.40 bits per heavy atom. The van der Waals surface area contributed by atoms with Crippen molar-refractivity contribution in [2.24, 2.45) is 0 Å². The third-order valence-electron chi connectivity index (χ3n) is 2.08. The van der Waals surface area contributed by atoms with Gasteiger partial charge in [-0.3, -0.25) is 0 Å². The second-order valence-electron chi connectivity index (χ2n) is 3.89. The molecule has 0 radical (unpaired) electrons. The molecule has 0 saturated heterocycles. The Morgan fingerprint density at radius 2 is 1.93 bits per heavy atom. The van der Waals surface area contributed by atoms with Gasteiger partial charge in [-0.25, -0.2) is 8.78 Å². The van der Waals surface area contributed by atoms with E-state index in [0.29, 0.717) is 0 Å².